The smallest absolute Gasteiger partial charge is 0.159 e. The van der Waals surface area contributed by atoms with Gasteiger partial charge >= 0.3 is 0 Å². The van der Waals surface area contributed by atoms with Crippen LogP contribution in [0.25, 0.3) is 71.7 Å². The number of hydrogen-bond donors (Lipinski definition) is 0. The third-order valence-electron chi connectivity index (χ3n) is 11.5. The summed E-state index contributed by atoms with van der Waals surface area (Å²) in [4.78, 5) is 2.39. The summed E-state index contributed by atoms with van der Waals surface area (Å²) in [6, 6.07) is 69.7. The normalized spacial score (nSPS) is 14.1. The van der Waals surface area contributed by atoms with Crippen LogP contribution in [0.15, 0.2) is 222 Å². The standard InChI is InChI=1S/C54H38N2O/c1-4-14-37(15-5-1)39-24-29-44(30-25-39)55(45-31-26-40(27-32-45)38-16-6-2-7-17-38)52-36-42(34-49-48-21-11-13-23-53(48)57-54(49)52)41-28-33-47-46-20-10-12-22-50(46)56(51(47)35-41)43-18-8-3-9-19-43/h1-26,28-36,40H,27H2. The van der Waals surface area contributed by atoms with Crippen molar-refractivity contribution in [1.29, 1.82) is 0 Å². The minimum atomic E-state index is 0.318. The molecule has 0 amide bonds. The molecule has 2 heterocycles. The molecule has 270 valence electrons. The molecule has 0 bridgehead atoms. The molecule has 2 aromatic heterocycles. The second-order valence-corrected chi connectivity index (χ2v) is 14.9. The fraction of sp³-hybridized carbons (Fsp3) is 0.0370. The van der Waals surface area contributed by atoms with E-state index in [2.05, 4.69) is 222 Å². The molecule has 0 N–H and O–H groups in total. The Balaban J connectivity index is 1.13. The third kappa shape index (κ3) is 5.75. The predicted octanol–water partition coefficient (Wildman–Crippen LogP) is 14.8. The Morgan fingerprint density at radius 1 is 0.491 bits per heavy atom. The molecule has 0 fully saturated rings. The molecular formula is C54H38N2O. The van der Waals surface area contributed by atoms with E-state index >= 15 is 0 Å². The van der Waals surface area contributed by atoms with Crippen LogP contribution in [-0.2, 0) is 0 Å². The van der Waals surface area contributed by atoms with Crippen molar-refractivity contribution >= 4 is 55.1 Å². The van der Waals surface area contributed by atoms with Gasteiger partial charge in [-0.25, -0.2) is 0 Å². The first-order valence-corrected chi connectivity index (χ1v) is 19.7. The lowest BCUT2D eigenvalue weighted by Crippen LogP contribution is -2.17. The minimum Gasteiger partial charge on any atom is -0.454 e. The van der Waals surface area contributed by atoms with Gasteiger partial charge in [0, 0.05) is 44.5 Å². The summed E-state index contributed by atoms with van der Waals surface area (Å²) in [5.41, 5.74) is 14.4. The number of hydrogen-bond acceptors (Lipinski definition) is 2. The minimum absolute atomic E-state index is 0.318. The zero-order valence-electron chi connectivity index (χ0n) is 31.3. The Bertz CT molecular complexity index is 3130. The highest BCUT2D eigenvalue weighted by molar-refractivity contribution is 6.13. The van der Waals surface area contributed by atoms with Gasteiger partial charge in [-0.1, -0.05) is 152 Å². The molecule has 0 radical (unpaired) electrons. The van der Waals surface area contributed by atoms with Crippen LogP contribution in [0.2, 0.25) is 0 Å². The molecule has 3 nitrogen and oxygen atoms in total. The highest BCUT2D eigenvalue weighted by atomic mass is 16.3. The van der Waals surface area contributed by atoms with Crippen LogP contribution >= 0.6 is 0 Å². The molecule has 8 aromatic carbocycles. The van der Waals surface area contributed by atoms with Gasteiger partial charge in [-0.15, -0.1) is 0 Å². The van der Waals surface area contributed by atoms with Crippen molar-refractivity contribution in [2.45, 2.75) is 12.3 Å². The van der Waals surface area contributed by atoms with Gasteiger partial charge in [0.05, 0.1) is 16.7 Å². The maximum atomic E-state index is 6.84. The van der Waals surface area contributed by atoms with Gasteiger partial charge in [0.15, 0.2) is 5.58 Å². The summed E-state index contributed by atoms with van der Waals surface area (Å²) in [6.45, 7) is 0. The summed E-state index contributed by atoms with van der Waals surface area (Å²) in [5, 5.41) is 4.68. The first-order chi connectivity index (χ1) is 28.3. The molecule has 1 atom stereocenters. The van der Waals surface area contributed by atoms with Crippen LogP contribution < -0.4 is 4.90 Å². The summed E-state index contributed by atoms with van der Waals surface area (Å²) >= 11 is 0. The quantitative estimate of drug-likeness (QED) is 0.163. The SMILES string of the molecule is C1=CC(c2ccccc2)CC=C1N(c1ccc(-c2ccccc2)cc1)c1cc(-c2ccc3c4ccccc4n(-c4ccccc4)c3c2)cc2c1oc1ccccc12. The molecule has 11 rings (SSSR count). The van der Waals surface area contributed by atoms with Gasteiger partial charge in [0.25, 0.3) is 0 Å². The maximum Gasteiger partial charge on any atom is 0.159 e. The molecule has 10 aromatic rings. The van der Waals surface area contributed by atoms with Crippen LogP contribution in [0.3, 0.4) is 0 Å². The van der Waals surface area contributed by atoms with Gasteiger partial charge < -0.3 is 13.9 Å². The molecule has 1 unspecified atom stereocenters. The van der Waals surface area contributed by atoms with Crippen LogP contribution in [0.5, 0.6) is 0 Å². The summed E-state index contributed by atoms with van der Waals surface area (Å²) in [6.07, 6.45) is 7.93. The summed E-state index contributed by atoms with van der Waals surface area (Å²) < 4.78 is 9.23. The number of anilines is 2. The highest BCUT2D eigenvalue weighted by Gasteiger charge is 2.24. The lowest BCUT2D eigenvalue weighted by Gasteiger charge is -2.29. The first kappa shape index (κ1) is 33.0. The Hall–Kier alpha value is -7.36. The summed E-state index contributed by atoms with van der Waals surface area (Å²) in [7, 11) is 0. The van der Waals surface area contributed by atoms with E-state index in [1.807, 2.05) is 0 Å². The summed E-state index contributed by atoms with van der Waals surface area (Å²) in [5.74, 6) is 0.318. The van der Waals surface area contributed by atoms with Gasteiger partial charge in [0.2, 0.25) is 0 Å². The fourth-order valence-corrected chi connectivity index (χ4v) is 8.73. The zero-order chi connectivity index (χ0) is 37.7. The fourth-order valence-electron chi connectivity index (χ4n) is 8.73. The zero-order valence-corrected chi connectivity index (χ0v) is 31.3. The number of rotatable bonds is 7. The van der Waals surface area contributed by atoms with Crippen molar-refractivity contribution < 1.29 is 4.42 Å². The van der Waals surface area contributed by atoms with E-state index in [1.165, 1.54) is 38.5 Å². The van der Waals surface area contributed by atoms with E-state index in [1.54, 1.807) is 0 Å². The molecule has 1 aliphatic rings. The number of nitrogens with zero attached hydrogens (tertiary/aromatic N) is 2. The monoisotopic (exact) mass is 730 g/mol. The van der Waals surface area contributed by atoms with Gasteiger partial charge in [-0.05, 0) is 94.9 Å². The number of fused-ring (bicyclic) bond motifs is 6. The Morgan fingerprint density at radius 3 is 1.91 bits per heavy atom. The van der Waals surface area contributed by atoms with Crippen molar-refractivity contribution in [3.63, 3.8) is 0 Å². The maximum absolute atomic E-state index is 6.84. The predicted molar refractivity (Wildman–Crippen MR) is 239 cm³/mol. The molecule has 0 saturated carbocycles. The average molecular weight is 731 g/mol. The Kier molecular flexibility index (Phi) is 7.96. The van der Waals surface area contributed by atoms with E-state index in [4.69, 9.17) is 4.42 Å². The van der Waals surface area contributed by atoms with Crippen molar-refractivity contribution in [2.75, 3.05) is 4.90 Å². The molecular weight excluding hydrogens is 693 g/mol. The highest BCUT2D eigenvalue weighted by Crippen LogP contribution is 2.45. The molecule has 1 aliphatic carbocycles. The van der Waals surface area contributed by atoms with Crippen LogP contribution in [0.1, 0.15) is 17.9 Å². The number of para-hydroxylation sites is 3. The van der Waals surface area contributed by atoms with Crippen molar-refractivity contribution in [2.24, 2.45) is 0 Å². The molecule has 0 spiro atoms. The Morgan fingerprint density at radius 2 is 1.14 bits per heavy atom. The number of furan rings is 1. The largest absolute Gasteiger partial charge is 0.454 e. The third-order valence-corrected chi connectivity index (χ3v) is 11.5. The van der Waals surface area contributed by atoms with Gasteiger partial charge in [-0.2, -0.15) is 0 Å². The topological polar surface area (TPSA) is 21.3 Å². The van der Waals surface area contributed by atoms with Gasteiger partial charge in [-0.3, -0.25) is 0 Å². The Labute approximate surface area is 331 Å². The molecule has 0 aliphatic heterocycles. The molecule has 57 heavy (non-hydrogen) atoms. The lowest BCUT2D eigenvalue weighted by atomic mass is 9.91. The van der Waals surface area contributed by atoms with E-state index in [-0.39, 0.29) is 0 Å². The lowest BCUT2D eigenvalue weighted by molar-refractivity contribution is 0.668. The van der Waals surface area contributed by atoms with Crippen LogP contribution in [-0.4, -0.2) is 4.57 Å². The molecule has 3 heteroatoms. The number of allylic oxidation sites excluding steroid dienone is 3. The van der Waals surface area contributed by atoms with Crippen molar-refractivity contribution in [3.05, 3.63) is 224 Å². The van der Waals surface area contributed by atoms with E-state index in [0.717, 1.165) is 62.2 Å². The first-order valence-electron chi connectivity index (χ1n) is 19.7. The number of benzene rings is 8. The second-order valence-electron chi connectivity index (χ2n) is 14.9. The van der Waals surface area contributed by atoms with E-state index in [0.29, 0.717) is 5.92 Å². The van der Waals surface area contributed by atoms with Crippen molar-refractivity contribution in [3.8, 4) is 27.9 Å². The number of aromatic nitrogens is 1. The second kappa shape index (κ2) is 13.7. The van der Waals surface area contributed by atoms with Crippen molar-refractivity contribution in [1.82, 2.24) is 4.57 Å². The van der Waals surface area contributed by atoms with Gasteiger partial charge in [0.1, 0.15) is 5.58 Å². The molecule has 0 saturated heterocycles. The van der Waals surface area contributed by atoms with Crippen LogP contribution in [0.4, 0.5) is 11.4 Å². The van der Waals surface area contributed by atoms with Crippen LogP contribution in [0, 0.1) is 0 Å². The average Bonchev–Trinajstić information content (AvgIpc) is 3.83. The van der Waals surface area contributed by atoms with E-state index in [9.17, 15) is 0 Å². The van der Waals surface area contributed by atoms with E-state index < -0.39 is 0 Å².